The maximum Gasteiger partial charge on any atom is 0.137 e. The van der Waals surface area contributed by atoms with E-state index in [0.29, 0.717) is 6.61 Å². The first kappa shape index (κ1) is 12.6. The molecule has 1 atom stereocenters. The Bertz CT molecular complexity index is 507. The molecule has 96 valence electrons. The highest BCUT2D eigenvalue weighted by Gasteiger charge is 2.08. The van der Waals surface area contributed by atoms with Crippen LogP contribution < -0.4 is 10.1 Å². The second-order valence-electron chi connectivity index (χ2n) is 4.16. The molecule has 0 spiro atoms. The van der Waals surface area contributed by atoms with E-state index >= 15 is 0 Å². The molecule has 0 fully saturated rings. The van der Waals surface area contributed by atoms with Gasteiger partial charge >= 0.3 is 0 Å². The van der Waals surface area contributed by atoms with E-state index in [1.807, 2.05) is 44.4 Å². The van der Waals surface area contributed by atoms with Gasteiger partial charge < -0.3 is 15.0 Å². The molecule has 0 saturated carbocycles. The molecule has 1 aromatic carbocycles. The summed E-state index contributed by atoms with van der Waals surface area (Å²) in [5, 5.41) is 3.18. The van der Waals surface area contributed by atoms with Gasteiger partial charge in [-0.1, -0.05) is 12.1 Å². The molecule has 1 heterocycles. The summed E-state index contributed by atoms with van der Waals surface area (Å²) in [5.74, 6) is 1.74. The number of aromatic nitrogens is 2. The molecule has 4 nitrogen and oxygen atoms in total. The molecule has 0 bridgehead atoms. The minimum absolute atomic E-state index is 0.265. The summed E-state index contributed by atoms with van der Waals surface area (Å²) in [5.41, 5.74) is 2.12. The van der Waals surface area contributed by atoms with Crippen molar-refractivity contribution in [3.05, 3.63) is 36.2 Å². The summed E-state index contributed by atoms with van der Waals surface area (Å²) >= 11 is 0. The van der Waals surface area contributed by atoms with Crippen LogP contribution in [-0.2, 0) is 0 Å². The molecular formula is C14H19N3O. The Kier molecular flexibility index (Phi) is 3.99. The van der Waals surface area contributed by atoms with Crippen LogP contribution in [0.5, 0.6) is 5.75 Å². The zero-order chi connectivity index (χ0) is 13.0. The molecule has 0 aliphatic heterocycles. The number of nitrogens with one attached hydrogen (secondary N) is 2. The van der Waals surface area contributed by atoms with Gasteiger partial charge in [-0.25, -0.2) is 4.98 Å². The van der Waals surface area contributed by atoms with Crippen LogP contribution in [0.2, 0.25) is 0 Å². The number of ether oxygens (including phenoxy) is 1. The van der Waals surface area contributed by atoms with Gasteiger partial charge in [0.15, 0.2) is 0 Å². The van der Waals surface area contributed by atoms with E-state index in [4.69, 9.17) is 4.74 Å². The van der Waals surface area contributed by atoms with E-state index < -0.39 is 0 Å². The third-order valence-corrected chi connectivity index (χ3v) is 2.91. The van der Waals surface area contributed by atoms with E-state index in [9.17, 15) is 0 Å². The van der Waals surface area contributed by atoms with Gasteiger partial charge in [-0.05, 0) is 33.0 Å². The second kappa shape index (κ2) is 5.69. The lowest BCUT2D eigenvalue weighted by atomic mass is 10.2. The van der Waals surface area contributed by atoms with E-state index in [1.165, 1.54) is 0 Å². The molecule has 2 N–H and O–H groups in total. The Labute approximate surface area is 107 Å². The summed E-state index contributed by atoms with van der Waals surface area (Å²) in [4.78, 5) is 7.73. The molecule has 0 amide bonds. The lowest BCUT2D eigenvalue weighted by Crippen LogP contribution is -2.12. The van der Waals surface area contributed by atoms with Crippen molar-refractivity contribution in [2.45, 2.75) is 19.9 Å². The highest BCUT2D eigenvalue weighted by Crippen LogP contribution is 2.22. The van der Waals surface area contributed by atoms with E-state index in [-0.39, 0.29) is 6.04 Å². The molecule has 0 saturated heterocycles. The van der Waals surface area contributed by atoms with Crippen LogP contribution in [0, 0.1) is 0 Å². The zero-order valence-electron chi connectivity index (χ0n) is 11.0. The lowest BCUT2D eigenvalue weighted by Gasteiger charge is -2.06. The smallest absolute Gasteiger partial charge is 0.137 e. The summed E-state index contributed by atoms with van der Waals surface area (Å²) in [6.45, 7) is 4.74. The van der Waals surface area contributed by atoms with Crippen molar-refractivity contribution in [3.63, 3.8) is 0 Å². The third-order valence-electron chi connectivity index (χ3n) is 2.91. The van der Waals surface area contributed by atoms with Crippen LogP contribution in [-0.4, -0.2) is 23.6 Å². The maximum absolute atomic E-state index is 5.49. The summed E-state index contributed by atoms with van der Waals surface area (Å²) in [6, 6.07) is 8.21. The average molecular weight is 245 g/mol. The highest BCUT2D eigenvalue weighted by molar-refractivity contribution is 5.57. The predicted octanol–water partition coefficient (Wildman–Crippen LogP) is 2.76. The average Bonchev–Trinajstić information content (AvgIpc) is 2.88. The van der Waals surface area contributed by atoms with Crippen molar-refractivity contribution < 1.29 is 4.74 Å². The van der Waals surface area contributed by atoms with Crippen molar-refractivity contribution >= 4 is 0 Å². The van der Waals surface area contributed by atoms with Gasteiger partial charge in [-0.3, -0.25) is 0 Å². The Balaban J connectivity index is 2.25. The largest absolute Gasteiger partial charge is 0.494 e. The number of hydrogen-bond donors (Lipinski definition) is 2. The number of imidazole rings is 1. The van der Waals surface area contributed by atoms with Crippen LogP contribution >= 0.6 is 0 Å². The van der Waals surface area contributed by atoms with Gasteiger partial charge in [0.05, 0.1) is 18.5 Å². The van der Waals surface area contributed by atoms with Gasteiger partial charge in [0.1, 0.15) is 11.6 Å². The lowest BCUT2D eigenvalue weighted by molar-refractivity contribution is 0.340. The molecule has 2 rings (SSSR count). The van der Waals surface area contributed by atoms with Crippen molar-refractivity contribution in [2.75, 3.05) is 13.7 Å². The zero-order valence-corrected chi connectivity index (χ0v) is 11.0. The Morgan fingerprint density at radius 2 is 2.28 bits per heavy atom. The third kappa shape index (κ3) is 2.71. The first-order chi connectivity index (χ1) is 8.74. The molecule has 1 unspecified atom stereocenters. The molecular weight excluding hydrogens is 226 g/mol. The highest BCUT2D eigenvalue weighted by atomic mass is 16.5. The van der Waals surface area contributed by atoms with Crippen molar-refractivity contribution in [1.82, 2.24) is 15.3 Å². The monoisotopic (exact) mass is 245 g/mol. The quantitative estimate of drug-likeness (QED) is 0.851. The van der Waals surface area contributed by atoms with Gasteiger partial charge in [-0.15, -0.1) is 0 Å². The maximum atomic E-state index is 5.49. The van der Waals surface area contributed by atoms with Crippen LogP contribution in [0.15, 0.2) is 30.5 Å². The van der Waals surface area contributed by atoms with Crippen molar-refractivity contribution in [1.29, 1.82) is 0 Å². The number of benzene rings is 1. The molecule has 0 radical (unpaired) electrons. The molecule has 4 heteroatoms. The number of H-pyrrole nitrogens is 1. The minimum Gasteiger partial charge on any atom is -0.494 e. The van der Waals surface area contributed by atoms with Crippen LogP contribution in [0.4, 0.5) is 0 Å². The first-order valence-electron chi connectivity index (χ1n) is 6.20. The van der Waals surface area contributed by atoms with Gasteiger partial charge in [0.25, 0.3) is 0 Å². The van der Waals surface area contributed by atoms with Crippen molar-refractivity contribution in [3.8, 4) is 17.1 Å². The number of nitrogens with zero attached hydrogens (tertiary/aromatic N) is 1. The first-order valence-corrected chi connectivity index (χ1v) is 6.20. The Hall–Kier alpha value is -1.81. The summed E-state index contributed by atoms with van der Waals surface area (Å²) in [6.07, 6.45) is 1.86. The standard InChI is InChI=1S/C14H19N3O/c1-4-18-12-7-5-6-11(8-12)14-16-9-13(17-14)10(2)15-3/h5-10,15H,4H2,1-3H3,(H,16,17). The molecule has 1 aromatic heterocycles. The molecule has 18 heavy (non-hydrogen) atoms. The second-order valence-corrected chi connectivity index (χ2v) is 4.16. The molecule has 0 aliphatic rings. The predicted molar refractivity (Wildman–Crippen MR) is 72.7 cm³/mol. The van der Waals surface area contributed by atoms with E-state index in [1.54, 1.807) is 0 Å². The fraction of sp³-hybridized carbons (Fsp3) is 0.357. The van der Waals surface area contributed by atoms with Crippen molar-refractivity contribution in [2.24, 2.45) is 0 Å². The molecule has 2 aromatic rings. The number of hydrogen-bond acceptors (Lipinski definition) is 3. The van der Waals surface area contributed by atoms with E-state index in [2.05, 4.69) is 22.2 Å². The SMILES string of the molecule is CCOc1cccc(-c2ncc(C(C)NC)[nH]2)c1. The normalized spacial score (nSPS) is 12.4. The Morgan fingerprint density at radius 1 is 1.44 bits per heavy atom. The summed E-state index contributed by atoms with van der Waals surface area (Å²) in [7, 11) is 1.93. The topological polar surface area (TPSA) is 49.9 Å². The van der Waals surface area contributed by atoms with Gasteiger partial charge in [-0.2, -0.15) is 0 Å². The fourth-order valence-electron chi connectivity index (χ4n) is 1.76. The summed E-state index contributed by atoms with van der Waals surface area (Å²) < 4.78 is 5.49. The van der Waals surface area contributed by atoms with Crippen LogP contribution in [0.25, 0.3) is 11.4 Å². The van der Waals surface area contributed by atoms with E-state index in [0.717, 1.165) is 22.8 Å². The fourth-order valence-corrected chi connectivity index (χ4v) is 1.76. The minimum atomic E-state index is 0.265. The number of rotatable bonds is 5. The van der Waals surface area contributed by atoms with Gasteiger partial charge in [0, 0.05) is 11.6 Å². The molecule has 0 aliphatic carbocycles. The Morgan fingerprint density at radius 3 is 3.00 bits per heavy atom. The van der Waals surface area contributed by atoms with Crippen LogP contribution in [0.3, 0.4) is 0 Å². The van der Waals surface area contributed by atoms with Gasteiger partial charge in [0.2, 0.25) is 0 Å². The van der Waals surface area contributed by atoms with Crippen LogP contribution in [0.1, 0.15) is 25.6 Å². The number of aromatic amines is 1.